The molecule has 2 rings (SSSR count). The highest BCUT2D eigenvalue weighted by atomic mass is 16.2. The van der Waals surface area contributed by atoms with Crippen molar-refractivity contribution in [3.8, 4) is 0 Å². The summed E-state index contributed by atoms with van der Waals surface area (Å²) in [4.78, 5) is 21.3. The van der Waals surface area contributed by atoms with Crippen LogP contribution in [0.15, 0.2) is 18.6 Å². The lowest BCUT2D eigenvalue weighted by atomic mass is 10.0. The van der Waals surface area contributed by atoms with Crippen LogP contribution in [0.1, 0.15) is 51.1 Å². The van der Waals surface area contributed by atoms with Crippen molar-refractivity contribution in [3.05, 3.63) is 24.3 Å². The normalized spacial score (nSPS) is 16.9. The molecule has 0 spiro atoms. The summed E-state index contributed by atoms with van der Waals surface area (Å²) in [7, 11) is 0. The largest absolute Gasteiger partial charge is 0.340 e. The molecular weight excluding hydrogens is 238 g/mol. The van der Waals surface area contributed by atoms with Crippen LogP contribution in [-0.2, 0) is 11.2 Å². The summed E-state index contributed by atoms with van der Waals surface area (Å²) in [6.07, 6.45) is 12.8. The van der Waals surface area contributed by atoms with Gasteiger partial charge in [-0.1, -0.05) is 13.3 Å². The van der Waals surface area contributed by atoms with Crippen molar-refractivity contribution in [1.82, 2.24) is 9.88 Å². The lowest BCUT2D eigenvalue weighted by Crippen LogP contribution is -2.36. The van der Waals surface area contributed by atoms with Gasteiger partial charge in [-0.25, -0.2) is 9.97 Å². The number of likely N-dealkylation sites (tertiary alicyclic amines) is 1. The van der Waals surface area contributed by atoms with Crippen LogP contribution >= 0.6 is 0 Å². The van der Waals surface area contributed by atoms with E-state index in [9.17, 15) is 4.79 Å². The van der Waals surface area contributed by atoms with Gasteiger partial charge in [0.15, 0.2) is 12.4 Å². The Morgan fingerprint density at radius 2 is 2.37 bits per heavy atom. The van der Waals surface area contributed by atoms with Gasteiger partial charge in [0.05, 0.1) is 6.20 Å². The SMILES string of the molecule is CCCC(CCCc1c[nH+]ccn1)N1CCCC1=O. The Morgan fingerprint density at radius 3 is 3.00 bits per heavy atom. The lowest BCUT2D eigenvalue weighted by molar-refractivity contribution is -0.379. The van der Waals surface area contributed by atoms with Crippen molar-refractivity contribution in [3.63, 3.8) is 0 Å². The van der Waals surface area contributed by atoms with Crippen LogP contribution in [0.5, 0.6) is 0 Å². The maximum atomic E-state index is 11.8. The zero-order chi connectivity index (χ0) is 13.5. The quantitative estimate of drug-likeness (QED) is 0.754. The first-order chi connectivity index (χ1) is 9.31. The van der Waals surface area contributed by atoms with E-state index in [1.54, 1.807) is 6.20 Å². The van der Waals surface area contributed by atoms with Crippen LogP contribution < -0.4 is 4.98 Å². The van der Waals surface area contributed by atoms with Gasteiger partial charge in [-0.15, -0.1) is 0 Å². The molecule has 0 aliphatic carbocycles. The second-order valence-electron chi connectivity index (χ2n) is 5.27. The number of hydrogen-bond donors (Lipinski definition) is 0. The smallest absolute Gasteiger partial charge is 0.222 e. The fourth-order valence-corrected chi connectivity index (χ4v) is 2.86. The third-order valence-corrected chi connectivity index (χ3v) is 3.80. The maximum absolute atomic E-state index is 11.8. The number of aromatic amines is 1. The first-order valence-electron chi connectivity index (χ1n) is 7.41. The number of rotatable bonds is 7. The molecule has 1 atom stereocenters. The third-order valence-electron chi connectivity index (χ3n) is 3.80. The average molecular weight is 262 g/mol. The summed E-state index contributed by atoms with van der Waals surface area (Å²) in [5.41, 5.74) is 1.10. The molecule has 1 unspecified atom stereocenters. The Kier molecular flexibility index (Phi) is 5.31. The van der Waals surface area contributed by atoms with Gasteiger partial charge < -0.3 is 4.90 Å². The van der Waals surface area contributed by atoms with Crippen molar-refractivity contribution in [2.24, 2.45) is 0 Å². The Labute approximate surface area is 115 Å². The van der Waals surface area contributed by atoms with Crippen molar-refractivity contribution in [2.45, 2.75) is 57.9 Å². The highest BCUT2D eigenvalue weighted by Crippen LogP contribution is 2.21. The number of H-pyrrole nitrogens is 1. The van der Waals surface area contributed by atoms with Gasteiger partial charge in [0.2, 0.25) is 5.91 Å². The first-order valence-corrected chi connectivity index (χ1v) is 7.41. The van der Waals surface area contributed by atoms with E-state index in [2.05, 4.69) is 21.8 Å². The molecule has 1 aliphatic rings. The molecule has 1 amide bonds. The van der Waals surface area contributed by atoms with Crippen LogP contribution in [0.4, 0.5) is 0 Å². The second kappa shape index (κ2) is 7.22. The minimum absolute atomic E-state index is 0.351. The van der Waals surface area contributed by atoms with Crippen LogP contribution in [0.25, 0.3) is 0 Å². The van der Waals surface area contributed by atoms with Crippen molar-refractivity contribution in [1.29, 1.82) is 0 Å². The zero-order valence-electron chi connectivity index (χ0n) is 11.8. The van der Waals surface area contributed by atoms with Crippen LogP contribution in [0.2, 0.25) is 0 Å². The summed E-state index contributed by atoms with van der Waals surface area (Å²) in [6.45, 7) is 3.15. The average Bonchev–Trinajstić information content (AvgIpc) is 2.85. The number of amides is 1. The van der Waals surface area contributed by atoms with Gasteiger partial charge in [0, 0.05) is 19.0 Å². The molecule has 1 fully saturated rings. The molecule has 1 aromatic rings. The Bertz CT molecular complexity index is 394. The molecule has 104 valence electrons. The monoisotopic (exact) mass is 262 g/mol. The van der Waals surface area contributed by atoms with E-state index < -0.39 is 0 Å². The molecule has 1 aliphatic heterocycles. The van der Waals surface area contributed by atoms with E-state index in [-0.39, 0.29) is 0 Å². The van der Waals surface area contributed by atoms with E-state index in [0.29, 0.717) is 11.9 Å². The topological polar surface area (TPSA) is 47.3 Å². The van der Waals surface area contributed by atoms with Gasteiger partial charge in [-0.2, -0.15) is 0 Å². The Morgan fingerprint density at radius 1 is 1.47 bits per heavy atom. The summed E-state index contributed by atoms with van der Waals surface area (Å²) in [5, 5.41) is 0. The fraction of sp³-hybridized carbons (Fsp3) is 0.667. The number of hydrogen-bond acceptors (Lipinski definition) is 2. The van der Waals surface area contributed by atoms with Gasteiger partial charge in [0.25, 0.3) is 0 Å². The maximum Gasteiger partial charge on any atom is 0.222 e. The van der Waals surface area contributed by atoms with Crippen molar-refractivity contribution < 1.29 is 9.78 Å². The zero-order valence-corrected chi connectivity index (χ0v) is 11.8. The number of carbonyl (C=O) groups excluding carboxylic acids is 1. The predicted octanol–water partition coefficient (Wildman–Crippen LogP) is 2.01. The Balaban J connectivity index is 1.82. The van der Waals surface area contributed by atoms with Gasteiger partial charge >= 0.3 is 0 Å². The van der Waals surface area contributed by atoms with Crippen LogP contribution in [0, 0.1) is 0 Å². The van der Waals surface area contributed by atoms with Crippen molar-refractivity contribution >= 4 is 5.91 Å². The second-order valence-corrected chi connectivity index (χ2v) is 5.27. The molecule has 2 heterocycles. The minimum atomic E-state index is 0.351. The molecule has 0 saturated carbocycles. The molecule has 4 nitrogen and oxygen atoms in total. The number of nitrogens with zero attached hydrogens (tertiary/aromatic N) is 2. The molecule has 0 bridgehead atoms. The molecular formula is C15H24N3O+. The molecule has 4 heteroatoms. The van der Waals surface area contributed by atoms with E-state index in [1.807, 2.05) is 12.4 Å². The fourth-order valence-electron chi connectivity index (χ4n) is 2.86. The van der Waals surface area contributed by atoms with E-state index in [4.69, 9.17) is 0 Å². The van der Waals surface area contributed by atoms with Crippen molar-refractivity contribution in [2.75, 3.05) is 6.54 Å². The third kappa shape index (κ3) is 4.01. The summed E-state index contributed by atoms with van der Waals surface area (Å²) in [5.74, 6) is 0.351. The molecule has 0 aromatic carbocycles. The van der Waals surface area contributed by atoms with E-state index >= 15 is 0 Å². The Hall–Kier alpha value is -1.45. The van der Waals surface area contributed by atoms with Crippen LogP contribution in [-0.4, -0.2) is 28.4 Å². The predicted molar refractivity (Wildman–Crippen MR) is 73.4 cm³/mol. The minimum Gasteiger partial charge on any atom is -0.340 e. The number of nitrogens with one attached hydrogen (secondary N) is 1. The molecule has 19 heavy (non-hydrogen) atoms. The molecule has 0 radical (unpaired) electrons. The summed E-state index contributed by atoms with van der Waals surface area (Å²) < 4.78 is 0. The number of aromatic nitrogens is 2. The first kappa shape index (κ1) is 14.0. The standard InChI is InChI=1S/C15H23N3O/c1-2-5-14(18-11-4-8-15(18)19)7-3-6-13-12-16-9-10-17-13/h9-10,12,14H,2-8,11H2,1H3/p+1. The molecule has 1 aromatic heterocycles. The van der Waals surface area contributed by atoms with E-state index in [0.717, 1.165) is 57.2 Å². The molecule has 1 N–H and O–H groups in total. The summed E-state index contributed by atoms with van der Waals surface area (Å²) in [6, 6.07) is 0.438. The molecule has 1 saturated heterocycles. The summed E-state index contributed by atoms with van der Waals surface area (Å²) >= 11 is 0. The number of carbonyl (C=O) groups is 1. The number of aryl methyl sites for hydroxylation is 1. The van der Waals surface area contributed by atoms with E-state index in [1.165, 1.54) is 0 Å². The van der Waals surface area contributed by atoms with Crippen LogP contribution in [0.3, 0.4) is 0 Å². The van der Waals surface area contributed by atoms with Gasteiger partial charge in [0.1, 0.15) is 5.69 Å². The van der Waals surface area contributed by atoms with Gasteiger partial charge in [-0.3, -0.25) is 4.79 Å². The highest BCUT2D eigenvalue weighted by Gasteiger charge is 2.26. The lowest BCUT2D eigenvalue weighted by Gasteiger charge is -2.27. The highest BCUT2D eigenvalue weighted by molar-refractivity contribution is 5.78. The van der Waals surface area contributed by atoms with Gasteiger partial charge in [-0.05, 0) is 32.1 Å².